The maximum absolute atomic E-state index is 13.3. The Bertz CT molecular complexity index is 500. The molecule has 76 valence electrons. The normalized spacial score (nSPS) is 10.3. The third-order valence-electron chi connectivity index (χ3n) is 1.86. The van der Waals surface area contributed by atoms with Gasteiger partial charge in [-0.1, -0.05) is 0 Å². The second-order valence-corrected chi connectivity index (χ2v) is 2.95. The van der Waals surface area contributed by atoms with Crippen molar-refractivity contribution in [3.05, 3.63) is 42.2 Å². The zero-order valence-corrected chi connectivity index (χ0v) is 7.61. The van der Waals surface area contributed by atoms with Crippen LogP contribution in [0.4, 0.5) is 14.6 Å². The average molecular weight is 207 g/mol. The number of halogens is 2. The molecule has 2 N–H and O–H groups in total. The van der Waals surface area contributed by atoms with E-state index in [1.54, 1.807) is 0 Å². The molecule has 15 heavy (non-hydrogen) atoms. The molecular formula is C10H7F2N3. The summed E-state index contributed by atoms with van der Waals surface area (Å²) < 4.78 is 26.2. The minimum absolute atomic E-state index is 0.0507. The van der Waals surface area contributed by atoms with Gasteiger partial charge < -0.3 is 5.73 Å². The summed E-state index contributed by atoms with van der Waals surface area (Å²) in [6, 6.07) is 3.13. The number of benzene rings is 1. The van der Waals surface area contributed by atoms with Crippen LogP contribution in [-0.2, 0) is 0 Å². The molecule has 0 amide bonds. The highest BCUT2D eigenvalue weighted by molar-refractivity contribution is 5.60. The topological polar surface area (TPSA) is 51.8 Å². The summed E-state index contributed by atoms with van der Waals surface area (Å²) in [6.07, 6.45) is 2.66. The van der Waals surface area contributed by atoms with Gasteiger partial charge in [0.15, 0.2) is 0 Å². The number of anilines is 1. The summed E-state index contributed by atoms with van der Waals surface area (Å²) in [5.74, 6) is -0.928. The second-order valence-electron chi connectivity index (χ2n) is 2.95. The zero-order valence-electron chi connectivity index (χ0n) is 7.61. The minimum Gasteiger partial charge on any atom is -0.382 e. The number of nitrogen functional groups attached to an aromatic ring is 1. The first-order chi connectivity index (χ1) is 7.16. The molecule has 0 saturated heterocycles. The highest BCUT2D eigenvalue weighted by atomic mass is 19.1. The molecule has 0 atom stereocenters. The lowest BCUT2D eigenvalue weighted by Gasteiger charge is -2.02. The molecule has 0 aliphatic carbocycles. The van der Waals surface area contributed by atoms with E-state index in [1.807, 2.05) is 0 Å². The molecule has 2 aromatic rings. The predicted molar refractivity (Wildman–Crippen MR) is 51.8 cm³/mol. The molecule has 0 radical (unpaired) electrons. The molecule has 1 heterocycles. The fourth-order valence-corrected chi connectivity index (χ4v) is 1.20. The Kier molecular flexibility index (Phi) is 2.29. The highest BCUT2D eigenvalue weighted by Crippen LogP contribution is 2.21. The van der Waals surface area contributed by atoms with Crippen LogP contribution in [-0.4, -0.2) is 9.97 Å². The smallest absolute Gasteiger partial charge is 0.142 e. The first-order valence-corrected chi connectivity index (χ1v) is 4.20. The van der Waals surface area contributed by atoms with Gasteiger partial charge in [-0.15, -0.1) is 0 Å². The van der Waals surface area contributed by atoms with Gasteiger partial charge in [-0.05, 0) is 18.2 Å². The molecule has 0 bridgehead atoms. The summed E-state index contributed by atoms with van der Waals surface area (Å²) >= 11 is 0. The van der Waals surface area contributed by atoms with Gasteiger partial charge in [-0.2, -0.15) is 0 Å². The first kappa shape index (κ1) is 9.51. The Balaban J connectivity index is 2.58. The first-order valence-electron chi connectivity index (χ1n) is 4.20. The van der Waals surface area contributed by atoms with Crippen molar-refractivity contribution >= 4 is 5.82 Å². The molecule has 1 aromatic carbocycles. The Morgan fingerprint density at radius 3 is 2.67 bits per heavy atom. The van der Waals surface area contributed by atoms with Gasteiger partial charge in [0.1, 0.15) is 17.5 Å². The SMILES string of the molecule is Nc1cncc(-c2cc(F)ccc2F)n1. The van der Waals surface area contributed by atoms with E-state index >= 15 is 0 Å². The molecule has 0 fully saturated rings. The van der Waals surface area contributed by atoms with Gasteiger partial charge >= 0.3 is 0 Å². The van der Waals surface area contributed by atoms with E-state index in [0.717, 1.165) is 18.2 Å². The van der Waals surface area contributed by atoms with Crippen LogP contribution in [0.1, 0.15) is 0 Å². The van der Waals surface area contributed by atoms with Crippen molar-refractivity contribution in [2.45, 2.75) is 0 Å². The standard InChI is InChI=1S/C10H7F2N3/c11-6-1-2-8(12)7(3-6)9-4-14-5-10(13)15-9/h1-5H,(H2,13,15). The number of rotatable bonds is 1. The Morgan fingerprint density at radius 1 is 1.13 bits per heavy atom. The van der Waals surface area contributed by atoms with Crippen molar-refractivity contribution in [1.82, 2.24) is 9.97 Å². The number of nitrogens with zero attached hydrogens (tertiary/aromatic N) is 2. The van der Waals surface area contributed by atoms with Crippen LogP contribution in [0.2, 0.25) is 0 Å². The van der Waals surface area contributed by atoms with Gasteiger partial charge in [-0.3, -0.25) is 4.98 Å². The summed E-state index contributed by atoms with van der Waals surface area (Å²) in [4.78, 5) is 7.61. The van der Waals surface area contributed by atoms with Crippen molar-refractivity contribution in [1.29, 1.82) is 0 Å². The van der Waals surface area contributed by atoms with E-state index in [0.29, 0.717) is 0 Å². The van der Waals surface area contributed by atoms with E-state index in [2.05, 4.69) is 9.97 Å². The monoisotopic (exact) mass is 207 g/mol. The maximum Gasteiger partial charge on any atom is 0.142 e. The van der Waals surface area contributed by atoms with Crippen LogP contribution in [0.5, 0.6) is 0 Å². The second kappa shape index (κ2) is 3.61. The largest absolute Gasteiger partial charge is 0.382 e. The molecule has 3 nitrogen and oxygen atoms in total. The van der Waals surface area contributed by atoms with E-state index < -0.39 is 11.6 Å². The summed E-state index contributed by atoms with van der Waals surface area (Å²) in [5, 5.41) is 0. The fraction of sp³-hybridized carbons (Fsp3) is 0. The van der Waals surface area contributed by atoms with E-state index in [9.17, 15) is 8.78 Å². The van der Waals surface area contributed by atoms with E-state index in [-0.39, 0.29) is 17.1 Å². The third kappa shape index (κ3) is 1.90. The molecule has 0 saturated carbocycles. The summed E-state index contributed by atoms with van der Waals surface area (Å²) in [5.41, 5.74) is 5.66. The Labute approximate surface area is 84.6 Å². The van der Waals surface area contributed by atoms with Gasteiger partial charge in [0, 0.05) is 5.56 Å². The van der Waals surface area contributed by atoms with Crippen molar-refractivity contribution in [2.24, 2.45) is 0 Å². The predicted octanol–water partition coefficient (Wildman–Crippen LogP) is 2.00. The number of aromatic nitrogens is 2. The van der Waals surface area contributed by atoms with Crippen molar-refractivity contribution < 1.29 is 8.78 Å². The molecular weight excluding hydrogens is 200 g/mol. The quantitative estimate of drug-likeness (QED) is 0.778. The van der Waals surface area contributed by atoms with Crippen LogP contribution in [0.25, 0.3) is 11.3 Å². The van der Waals surface area contributed by atoms with E-state index in [4.69, 9.17) is 5.73 Å². The zero-order chi connectivity index (χ0) is 10.8. The van der Waals surface area contributed by atoms with Crippen LogP contribution in [0.15, 0.2) is 30.6 Å². The summed E-state index contributed by atoms with van der Waals surface area (Å²) in [7, 11) is 0. The van der Waals surface area contributed by atoms with E-state index in [1.165, 1.54) is 12.4 Å². The lowest BCUT2D eigenvalue weighted by molar-refractivity contribution is 0.602. The number of hydrogen-bond acceptors (Lipinski definition) is 3. The van der Waals surface area contributed by atoms with Crippen LogP contribution in [0.3, 0.4) is 0 Å². The number of hydrogen-bond donors (Lipinski definition) is 1. The fourth-order valence-electron chi connectivity index (χ4n) is 1.20. The van der Waals surface area contributed by atoms with Crippen LogP contribution in [0, 0.1) is 11.6 Å². The Hall–Kier alpha value is -2.04. The van der Waals surface area contributed by atoms with Gasteiger partial charge in [0.05, 0.1) is 18.1 Å². The third-order valence-corrected chi connectivity index (χ3v) is 1.86. The van der Waals surface area contributed by atoms with Crippen molar-refractivity contribution in [3.8, 4) is 11.3 Å². The minimum atomic E-state index is -0.559. The van der Waals surface area contributed by atoms with Gasteiger partial charge in [0.2, 0.25) is 0 Å². The van der Waals surface area contributed by atoms with Crippen molar-refractivity contribution in [3.63, 3.8) is 0 Å². The Morgan fingerprint density at radius 2 is 1.93 bits per heavy atom. The van der Waals surface area contributed by atoms with Gasteiger partial charge in [0.25, 0.3) is 0 Å². The molecule has 1 aromatic heterocycles. The molecule has 5 heteroatoms. The highest BCUT2D eigenvalue weighted by Gasteiger charge is 2.08. The van der Waals surface area contributed by atoms with Crippen molar-refractivity contribution in [2.75, 3.05) is 5.73 Å². The molecule has 0 aliphatic heterocycles. The molecule has 0 spiro atoms. The van der Waals surface area contributed by atoms with Crippen LogP contribution >= 0.6 is 0 Å². The lowest BCUT2D eigenvalue weighted by atomic mass is 10.1. The molecule has 0 unspecified atom stereocenters. The van der Waals surface area contributed by atoms with Gasteiger partial charge in [-0.25, -0.2) is 13.8 Å². The molecule has 2 rings (SSSR count). The average Bonchev–Trinajstić information content (AvgIpc) is 2.22. The summed E-state index contributed by atoms with van der Waals surface area (Å²) in [6.45, 7) is 0. The number of nitrogens with two attached hydrogens (primary N) is 1. The molecule has 0 aliphatic rings. The lowest BCUT2D eigenvalue weighted by Crippen LogP contribution is -1.95. The maximum atomic E-state index is 13.3. The van der Waals surface area contributed by atoms with Crippen LogP contribution < -0.4 is 5.73 Å².